The molecule has 0 unspecified atom stereocenters. The van der Waals surface area contributed by atoms with Gasteiger partial charge in [0.25, 0.3) is 0 Å². The molecule has 0 bridgehead atoms. The normalized spacial score (nSPS) is 10.7. The van der Waals surface area contributed by atoms with Gasteiger partial charge in [0, 0.05) is 22.3 Å². The van der Waals surface area contributed by atoms with E-state index in [1.807, 2.05) is 54.7 Å². The third-order valence-electron chi connectivity index (χ3n) is 3.40. The SMILES string of the molecule is COc1ccc(-c2nn(-c3cccc(Cl)c3)cc2CO)cc1. The van der Waals surface area contributed by atoms with E-state index < -0.39 is 0 Å². The Bertz CT molecular complexity index is 782. The van der Waals surface area contributed by atoms with E-state index in [2.05, 4.69) is 5.10 Å². The van der Waals surface area contributed by atoms with Crippen molar-refractivity contribution >= 4 is 11.6 Å². The molecule has 0 aliphatic carbocycles. The molecule has 2 aromatic carbocycles. The third-order valence-corrected chi connectivity index (χ3v) is 3.63. The molecular formula is C17H15ClN2O2. The van der Waals surface area contributed by atoms with Crippen molar-refractivity contribution in [2.75, 3.05) is 7.11 Å². The molecule has 1 heterocycles. The fourth-order valence-electron chi connectivity index (χ4n) is 2.27. The Morgan fingerprint density at radius 1 is 1.18 bits per heavy atom. The van der Waals surface area contributed by atoms with Crippen LogP contribution in [0.2, 0.25) is 5.02 Å². The average Bonchev–Trinajstić information content (AvgIpc) is 2.99. The van der Waals surface area contributed by atoms with Crippen molar-refractivity contribution in [3.05, 3.63) is 65.3 Å². The molecule has 1 aromatic heterocycles. The zero-order chi connectivity index (χ0) is 15.5. The first-order chi connectivity index (χ1) is 10.7. The lowest BCUT2D eigenvalue weighted by Crippen LogP contribution is -1.94. The van der Waals surface area contributed by atoms with Crippen molar-refractivity contribution in [2.24, 2.45) is 0 Å². The van der Waals surface area contributed by atoms with Gasteiger partial charge >= 0.3 is 0 Å². The number of benzene rings is 2. The number of ether oxygens (including phenoxy) is 1. The van der Waals surface area contributed by atoms with E-state index in [1.54, 1.807) is 11.8 Å². The van der Waals surface area contributed by atoms with E-state index >= 15 is 0 Å². The second-order valence-electron chi connectivity index (χ2n) is 4.81. The Hall–Kier alpha value is -2.30. The maximum atomic E-state index is 9.59. The summed E-state index contributed by atoms with van der Waals surface area (Å²) in [6.07, 6.45) is 1.81. The second kappa shape index (κ2) is 6.22. The van der Waals surface area contributed by atoms with Gasteiger partial charge in [-0.2, -0.15) is 5.10 Å². The summed E-state index contributed by atoms with van der Waals surface area (Å²) in [4.78, 5) is 0. The highest BCUT2D eigenvalue weighted by Gasteiger charge is 2.12. The lowest BCUT2D eigenvalue weighted by molar-refractivity contribution is 0.282. The molecular weight excluding hydrogens is 300 g/mol. The van der Waals surface area contributed by atoms with Crippen molar-refractivity contribution in [1.29, 1.82) is 0 Å². The van der Waals surface area contributed by atoms with Gasteiger partial charge in [-0.1, -0.05) is 17.7 Å². The number of nitrogens with zero attached hydrogens (tertiary/aromatic N) is 2. The maximum absolute atomic E-state index is 9.59. The van der Waals surface area contributed by atoms with E-state index in [9.17, 15) is 5.11 Å². The minimum atomic E-state index is -0.0814. The summed E-state index contributed by atoms with van der Waals surface area (Å²) in [5.41, 5.74) is 3.27. The molecule has 0 saturated heterocycles. The molecule has 0 fully saturated rings. The van der Waals surface area contributed by atoms with Crippen LogP contribution in [0.1, 0.15) is 5.56 Å². The molecule has 3 aromatic rings. The summed E-state index contributed by atoms with van der Waals surface area (Å²) in [6.45, 7) is -0.0814. The predicted octanol–water partition coefficient (Wildman–Crippen LogP) is 3.69. The van der Waals surface area contributed by atoms with Crippen LogP contribution >= 0.6 is 11.6 Å². The highest BCUT2D eigenvalue weighted by atomic mass is 35.5. The summed E-state index contributed by atoms with van der Waals surface area (Å²) in [5.74, 6) is 0.781. The summed E-state index contributed by atoms with van der Waals surface area (Å²) < 4.78 is 6.88. The number of hydrogen-bond acceptors (Lipinski definition) is 3. The standard InChI is InChI=1S/C17H15ClN2O2/c1-22-16-7-5-12(6-8-16)17-13(11-21)10-20(19-17)15-4-2-3-14(18)9-15/h2-10,21H,11H2,1H3. The van der Waals surface area contributed by atoms with E-state index in [4.69, 9.17) is 16.3 Å². The number of rotatable bonds is 4. The van der Waals surface area contributed by atoms with Crippen molar-refractivity contribution in [3.8, 4) is 22.7 Å². The molecule has 0 atom stereocenters. The van der Waals surface area contributed by atoms with Crippen LogP contribution in [0.15, 0.2) is 54.7 Å². The Morgan fingerprint density at radius 3 is 2.59 bits per heavy atom. The molecule has 0 saturated carbocycles. The second-order valence-corrected chi connectivity index (χ2v) is 5.25. The van der Waals surface area contributed by atoms with Gasteiger partial charge in [-0.05, 0) is 42.5 Å². The lowest BCUT2D eigenvalue weighted by atomic mass is 10.1. The van der Waals surface area contributed by atoms with Gasteiger partial charge < -0.3 is 9.84 Å². The molecule has 22 heavy (non-hydrogen) atoms. The minimum Gasteiger partial charge on any atom is -0.497 e. The van der Waals surface area contributed by atoms with Crippen molar-refractivity contribution in [1.82, 2.24) is 9.78 Å². The summed E-state index contributed by atoms with van der Waals surface area (Å²) in [6, 6.07) is 15.0. The van der Waals surface area contributed by atoms with Crippen LogP contribution in [0.5, 0.6) is 5.75 Å². The number of aliphatic hydroxyl groups excluding tert-OH is 1. The van der Waals surface area contributed by atoms with Gasteiger partial charge in [0.1, 0.15) is 5.75 Å². The number of aromatic nitrogens is 2. The van der Waals surface area contributed by atoms with Crippen LogP contribution in [0.25, 0.3) is 16.9 Å². The van der Waals surface area contributed by atoms with E-state index in [1.165, 1.54) is 0 Å². The largest absolute Gasteiger partial charge is 0.497 e. The summed E-state index contributed by atoms with van der Waals surface area (Å²) >= 11 is 6.02. The Kier molecular flexibility index (Phi) is 4.13. The van der Waals surface area contributed by atoms with Gasteiger partial charge in [0.2, 0.25) is 0 Å². The van der Waals surface area contributed by atoms with E-state index in [0.717, 1.165) is 28.3 Å². The van der Waals surface area contributed by atoms with Crippen LogP contribution in [0.3, 0.4) is 0 Å². The first-order valence-electron chi connectivity index (χ1n) is 6.81. The quantitative estimate of drug-likeness (QED) is 0.799. The lowest BCUT2D eigenvalue weighted by Gasteiger charge is -2.03. The minimum absolute atomic E-state index is 0.0814. The Morgan fingerprint density at radius 2 is 1.95 bits per heavy atom. The van der Waals surface area contributed by atoms with Gasteiger partial charge in [0.05, 0.1) is 25.1 Å². The topological polar surface area (TPSA) is 47.3 Å². The molecule has 0 aliphatic rings. The summed E-state index contributed by atoms with van der Waals surface area (Å²) in [5, 5.41) is 14.8. The smallest absolute Gasteiger partial charge is 0.118 e. The molecule has 5 heteroatoms. The first kappa shape index (κ1) is 14.6. The molecule has 0 spiro atoms. The molecule has 0 aliphatic heterocycles. The van der Waals surface area contributed by atoms with Crippen LogP contribution in [0.4, 0.5) is 0 Å². The van der Waals surface area contributed by atoms with Gasteiger partial charge in [-0.3, -0.25) is 0 Å². The van der Waals surface area contributed by atoms with Gasteiger partial charge in [0.15, 0.2) is 0 Å². The van der Waals surface area contributed by atoms with Crippen LogP contribution < -0.4 is 4.74 Å². The first-order valence-corrected chi connectivity index (χ1v) is 7.19. The average molecular weight is 315 g/mol. The zero-order valence-corrected chi connectivity index (χ0v) is 12.8. The van der Waals surface area contributed by atoms with Crippen LogP contribution in [-0.4, -0.2) is 22.0 Å². The van der Waals surface area contributed by atoms with Crippen LogP contribution in [0, 0.1) is 0 Å². The fraction of sp³-hybridized carbons (Fsp3) is 0.118. The highest BCUT2D eigenvalue weighted by molar-refractivity contribution is 6.30. The molecule has 0 amide bonds. The van der Waals surface area contributed by atoms with Gasteiger partial charge in [-0.15, -0.1) is 0 Å². The molecule has 0 radical (unpaired) electrons. The molecule has 1 N–H and O–H groups in total. The molecule has 3 rings (SSSR count). The van der Waals surface area contributed by atoms with Crippen molar-refractivity contribution in [2.45, 2.75) is 6.61 Å². The number of hydrogen-bond donors (Lipinski definition) is 1. The number of aliphatic hydroxyl groups is 1. The summed E-state index contributed by atoms with van der Waals surface area (Å²) in [7, 11) is 1.63. The van der Waals surface area contributed by atoms with Crippen molar-refractivity contribution < 1.29 is 9.84 Å². The zero-order valence-electron chi connectivity index (χ0n) is 12.0. The van der Waals surface area contributed by atoms with Gasteiger partial charge in [-0.25, -0.2) is 4.68 Å². The molecule has 112 valence electrons. The molecule has 4 nitrogen and oxygen atoms in total. The number of halogens is 1. The van der Waals surface area contributed by atoms with Crippen LogP contribution in [-0.2, 0) is 6.61 Å². The fourth-order valence-corrected chi connectivity index (χ4v) is 2.45. The maximum Gasteiger partial charge on any atom is 0.118 e. The van der Waals surface area contributed by atoms with E-state index in [0.29, 0.717) is 5.02 Å². The van der Waals surface area contributed by atoms with E-state index in [-0.39, 0.29) is 6.61 Å². The Labute approximate surface area is 133 Å². The Balaban J connectivity index is 2.04. The third kappa shape index (κ3) is 2.84. The highest BCUT2D eigenvalue weighted by Crippen LogP contribution is 2.26. The monoisotopic (exact) mass is 314 g/mol. The predicted molar refractivity (Wildman–Crippen MR) is 86.5 cm³/mol. The number of methoxy groups -OCH3 is 1. The van der Waals surface area contributed by atoms with Crippen molar-refractivity contribution in [3.63, 3.8) is 0 Å².